The topological polar surface area (TPSA) is 92.7 Å². The molecule has 0 bridgehead atoms. The molecule has 0 saturated carbocycles. The Bertz CT molecular complexity index is 1180. The van der Waals surface area contributed by atoms with E-state index in [1.54, 1.807) is 47.3 Å². The summed E-state index contributed by atoms with van der Waals surface area (Å²) in [5, 5.41) is 11.5. The standard InChI is InChI=1S/C28H36O8/c1-10-15(2)27(29)36-20-12-17-11-16(3)28(4,30)14-18-13-19(31-5)23(32-6)26(35-9)22(18)21(17)25(34-8)24(20)33-7/h10,12-13,16,30H,11,14H2,1-9H3. The van der Waals surface area contributed by atoms with Gasteiger partial charge in [-0.15, -0.1) is 0 Å². The van der Waals surface area contributed by atoms with E-state index in [-0.39, 0.29) is 17.4 Å². The maximum atomic E-state index is 12.6. The molecule has 0 fully saturated rings. The summed E-state index contributed by atoms with van der Waals surface area (Å²) in [6.07, 6.45) is 2.49. The average molecular weight is 501 g/mol. The van der Waals surface area contributed by atoms with Gasteiger partial charge in [0.15, 0.2) is 23.0 Å². The number of allylic oxidation sites excluding steroid dienone is 1. The van der Waals surface area contributed by atoms with Crippen molar-refractivity contribution in [1.29, 1.82) is 0 Å². The minimum Gasteiger partial charge on any atom is -0.493 e. The van der Waals surface area contributed by atoms with Crippen LogP contribution >= 0.6 is 0 Å². The Kier molecular flexibility index (Phi) is 8.09. The number of carbonyl (C=O) groups is 1. The van der Waals surface area contributed by atoms with E-state index in [0.717, 1.165) is 11.1 Å². The van der Waals surface area contributed by atoms with E-state index < -0.39 is 11.6 Å². The van der Waals surface area contributed by atoms with Crippen LogP contribution in [0, 0.1) is 5.92 Å². The van der Waals surface area contributed by atoms with Crippen LogP contribution in [0.15, 0.2) is 23.8 Å². The second-order valence-corrected chi connectivity index (χ2v) is 9.16. The summed E-state index contributed by atoms with van der Waals surface area (Å²) in [6, 6.07) is 3.62. The lowest BCUT2D eigenvalue weighted by molar-refractivity contribution is -0.130. The number of hydrogen-bond donors (Lipinski definition) is 1. The first-order valence-electron chi connectivity index (χ1n) is 11.8. The van der Waals surface area contributed by atoms with Gasteiger partial charge in [0.05, 0.1) is 41.2 Å². The third kappa shape index (κ3) is 4.69. The van der Waals surface area contributed by atoms with Gasteiger partial charge in [-0.3, -0.25) is 0 Å². The predicted octanol–water partition coefficient (Wildman–Crippen LogP) is 4.75. The molecule has 8 nitrogen and oxygen atoms in total. The van der Waals surface area contributed by atoms with Crippen molar-refractivity contribution in [2.45, 2.75) is 46.1 Å². The lowest BCUT2D eigenvalue weighted by atomic mass is 9.75. The quantitative estimate of drug-likeness (QED) is 0.331. The zero-order valence-corrected chi connectivity index (χ0v) is 22.5. The van der Waals surface area contributed by atoms with Gasteiger partial charge in [-0.05, 0) is 56.4 Å². The van der Waals surface area contributed by atoms with E-state index in [9.17, 15) is 9.90 Å². The van der Waals surface area contributed by atoms with Gasteiger partial charge in [-0.1, -0.05) is 13.0 Å². The largest absolute Gasteiger partial charge is 0.493 e. The monoisotopic (exact) mass is 500 g/mol. The second kappa shape index (κ2) is 10.7. The molecule has 1 aliphatic carbocycles. The number of ether oxygens (including phenoxy) is 6. The maximum absolute atomic E-state index is 12.6. The van der Waals surface area contributed by atoms with E-state index in [1.165, 1.54) is 14.2 Å². The lowest BCUT2D eigenvalue weighted by Gasteiger charge is -2.36. The molecule has 3 rings (SSSR count). The zero-order valence-electron chi connectivity index (χ0n) is 22.5. The molecule has 196 valence electrons. The van der Waals surface area contributed by atoms with Crippen LogP contribution in [0.3, 0.4) is 0 Å². The van der Waals surface area contributed by atoms with Crippen LogP contribution in [0.4, 0.5) is 0 Å². The molecule has 1 aliphatic rings. The normalized spacial score (nSPS) is 19.3. The molecule has 36 heavy (non-hydrogen) atoms. The molecular formula is C28H36O8. The van der Waals surface area contributed by atoms with Gasteiger partial charge >= 0.3 is 5.97 Å². The van der Waals surface area contributed by atoms with Gasteiger partial charge in [0.2, 0.25) is 11.5 Å². The highest BCUT2D eigenvalue weighted by Gasteiger charge is 2.38. The number of esters is 1. The number of fused-ring (bicyclic) bond motifs is 3. The smallest absolute Gasteiger partial charge is 0.338 e. The maximum Gasteiger partial charge on any atom is 0.338 e. The molecular weight excluding hydrogens is 464 g/mol. The number of hydrogen-bond acceptors (Lipinski definition) is 8. The van der Waals surface area contributed by atoms with Gasteiger partial charge in [-0.2, -0.15) is 0 Å². The minimum atomic E-state index is -1.05. The molecule has 0 amide bonds. The van der Waals surface area contributed by atoms with Crippen LogP contribution in [-0.2, 0) is 17.6 Å². The first-order chi connectivity index (χ1) is 17.1. The van der Waals surface area contributed by atoms with Crippen LogP contribution < -0.4 is 28.4 Å². The van der Waals surface area contributed by atoms with Crippen molar-refractivity contribution in [3.63, 3.8) is 0 Å². The molecule has 0 radical (unpaired) electrons. The van der Waals surface area contributed by atoms with E-state index in [0.29, 0.717) is 52.5 Å². The summed E-state index contributed by atoms with van der Waals surface area (Å²) in [5.41, 5.74) is 2.40. The molecule has 0 aromatic heterocycles. The van der Waals surface area contributed by atoms with E-state index in [4.69, 9.17) is 28.4 Å². The Labute approximate surface area is 212 Å². The molecule has 0 aliphatic heterocycles. The summed E-state index contributed by atoms with van der Waals surface area (Å²) < 4.78 is 34.5. The van der Waals surface area contributed by atoms with Crippen molar-refractivity contribution >= 4 is 5.97 Å². The van der Waals surface area contributed by atoms with Crippen LogP contribution in [0.25, 0.3) is 11.1 Å². The Hall–Kier alpha value is -3.39. The Balaban J connectivity index is 2.48. The first kappa shape index (κ1) is 27.2. The van der Waals surface area contributed by atoms with Crippen molar-refractivity contribution in [3.05, 3.63) is 34.9 Å². The second-order valence-electron chi connectivity index (χ2n) is 9.16. The Morgan fingerprint density at radius 1 is 0.889 bits per heavy atom. The van der Waals surface area contributed by atoms with E-state index in [2.05, 4.69) is 0 Å². The van der Waals surface area contributed by atoms with Crippen molar-refractivity contribution in [3.8, 4) is 45.6 Å². The minimum absolute atomic E-state index is 0.151. The highest BCUT2D eigenvalue weighted by molar-refractivity contribution is 5.92. The van der Waals surface area contributed by atoms with Gasteiger partial charge in [-0.25, -0.2) is 4.79 Å². The molecule has 2 aromatic carbocycles. The Morgan fingerprint density at radius 2 is 1.39 bits per heavy atom. The van der Waals surface area contributed by atoms with Crippen LogP contribution in [0.5, 0.6) is 34.5 Å². The van der Waals surface area contributed by atoms with Crippen molar-refractivity contribution in [1.82, 2.24) is 0 Å². The summed E-state index contributed by atoms with van der Waals surface area (Å²) in [7, 11) is 7.67. The van der Waals surface area contributed by atoms with Gasteiger partial charge < -0.3 is 33.5 Å². The molecule has 2 atom stereocenters. The first-order valence-corrected chi connectivity index (χ1v) is 11.8. The number of aliphatic hydroxyl groups is 1. The third-order valence-electron chi connectivity index (χ3n) is 6.95. The predicted molar refractivity (Wildman–Crippen MR) is 137 cm³/mol. The molecule has 8 heteroatoms. The average Bonchev–Trinajstić information content (AvgIpc) is 2.86. The van der Waals surface area contributed by atoms with Gasteiger partial charge in [0.1, 0.15) is 0 Å². The highest BCUT2D eigenvalue weighted by atomic mass is 16.6. The number of benzene rings is 2. The molecule has 0 spiro atoms. The number of carbonyl (C=O) groups excluding carboxylic acids is 1. The van der Waals surface area contributed by atoms with Crippen molar-refractivity contribution < 1.29 is 38.3 Å². The number of rotatable bonds is 7. The highest BCUT2D eigenvalue weighted by Crippen LogP contribution is 2.56. The summed E-state index contributed by atoms with van der Waals surface area (Å²) >= 11 is 0. The molecule has 2 unspecified atom stereocenters. The van der Waals surface area contributed by atoms with Crippen LogP contribution in [-0.4, -0.2) is 52.2 Å². The van der Waals surface area contributed by atoms with E-state index >= 15 is 0 Å². The fourth-order valence-electron chi connectivity index (χ4n) is 4.59. The SMILES string of the molecule is CC=C(C)C(=O)Oc1cc2c(c(OC)c1OC)-c1c(cc(OC)c(OC)c1OC)CC(C)(O)C(C)C2. The van der Waals surface area contributed by atoms with Gasteiger partial charge in [0, 0.05) is 23.1 Å². The molecule has 2 aromatic rings. The lowest BCUT2D eigenvalue weighted by Crippen LogP contribution is -2.37. The molecule has 0 saturated heterocycles. The number of methoxy groups -OCH3 is 5. The fraction of sp³-hybridized carbons (Fsp3) is 0.464. The fourth-order valence-corrected chi connectivity index (χ4v) is 4.59. The zero-order chi connectivity index (χ0) is 26.8. The summed E-state index contributed by atoms with van der Waals surface area (Å²) in [6.45, 7) is 7.25. The molecule has 1 N–H and O–H groups in total. The molecule has 0 heterocycles. The van der Waals surface area contributed by atoms with Crippen LogP contribution in [0.2, 0.25) is 0 Å². The summed E-state index contributed by atoms with van der Waals surface area (Å²) in [4.78, 5) is 12.6. The third-order valence-corrected chi connectivity index (χ3v) is 6.95. The van der Waals surface area contributed by atoms with Crippen molar-refractivity contribution in [2.75, 3.05) is 35.5 Å². The van der Waals surface area contributed by atoms with Crippen molar-refractivity contribution in [2.24, 2.45) is 5.92 Å². The van der Waals surface area contributed by atoms with Crippen LogP contribution in [0.1, 0.15) is 38.8 Å². The van der Waals surface area contributed by atoms with E-state index in [1.807, 2.05) is 19.9 Å². The van der Waals surface area contributed by atoms with Gasteiger partial charge in [0.25, 0.3) is 0 Å². The summed E-state index contributed by atoms with van der Waals surface area (Å²) in [5.74, 6) is 1.58. The Morgan fingerprint density at radius 3 is 1.89 bits per heavy atom.